The highest BCUT2D eigenvalue weighted by Gasteiger charge is 2.20. The van der Waals surface area contributed by atoms with Gasteiger partial charge >= 0.3 is 0 Å². The molecule has 1 fully saturated rings. The lowest BCUT2D eigenvalue weighted by Gasteiger charge is -2.30. The Morgan fingerprint density at radius 2 is 2.21 bits per heavy atom. The molecular weight excluding hydrogens is 200 g/mol. The summed E-state index contributed by atoms with van der Waals surface area (Å²) in [5.41, 5.74) is 5.48. The molecule has 0 amide bonds. The van der Waals surface area contributed by atoms with Crippen LogP contribution in [0.25, 0.3) is 0 Å². The number of rotatable bonds is 2. The van der Waals surface area contributed by atoms with Crippen LogP contribution in [0.15, 0.2) is 0 Å². The summed E-state index contributed by atoms with van der Waals surface area (Å²) in [6.07, 6.45) is 2.50. The predicted octanol–water partition coefficient (Wildman–Crippen LogP) is 0.735. The highest BCUT2D eigenvalue weighted by Crippen LogP contribution is 2.23. The standard InChI is InChI=1S/C8H14N4OS/c1-13-6-2-4-12(5-3-6)8-10-7(9)11-14-8/h6H,2-5H2,1H3,(H2,9,11). The maximum absolute atomic E-state index is 5.48. The van der Waals surface area contributed by atoms with Crippen molar-refractivity contribution in [1.29, 1.82) is 0 Å². The van der Waals surface area contributed by atoms with Crippen molar-refractivity contribution in [3.63, 3.8) is 0 Å². The fourth-order valence-electron chi connectivity index (χ4n) is 1.64. The van der Waals surface area contributed by atoms with Gasteiger partial charge in [0.05, 0.1) is 6.10 Å². The zero-order chi connectivity index (χ0) is 9.97. The van der Waals surface area contributed by atoms with Crippen LogP contribution >= 0.6 is 11.5 Å². The minimum absolute atomic E-state index is 0.374. The van der Waals surface area contributed by atoms with Gasteiger partial charge in [0.15, 0.2) is 0 Å². The van der Waals surface area contributed by atoms with E-state index >= 15 is 0 Å². The van der Waals surface area contributed by atoms with E-state index in [1.165, 1.54) is 11.5 Å². The van der Waals surface area contributed by atoms with Crippen molar-refractivity contribution in [2.75, 3.05) is 30.8 Å². The summed E-state index contributed by atoms with van der Waals surface area (Å²) >= 11 is 1.36. The van der Waals surface area contributed by atoms with Gasteiger partial charge in [-0.05, 0) is 12.8 Å². The first-order chi connectivity index (χ1) is 6.79. The smallest absolute Gasteiger partial charge is 0.233 e. The van der Waals surface area contributed by atoms with E-state index in [4.69, 9.17) is 10.5 Å². The SMILES string of the molecule is COC1CCN(c2nc(N)ns2)CC1. The van der Waals surface area contributed by atoms with Crippen LogP contribution in [0.3, 0.4) is 0 Å². The fourth-order valence-corrected chi connectivity index (χ4v) is 2.29. The first kappa shape index (κ1) is 9.67. The normalized spacial score (nSPS) is 18.8. The van der Waals surface area contributed by atoms with Crippen molar-refractivity contribution in [1.82, 2.24) is 9.36 Å². The number of piperidine rings is 1. The van der Waals surface area contributed by atoms with E-state index < -0.39 is 0 Å². The van der Waals surface area contributed by atoms with Crippen LogP contribution in [-0.2, 0) is 4.74 Å². The van der Waals surface area contributed by atoms with Crippen molar-refractivity contribution in [3.05, 3.63) is 0 Å². The van der Waals surface area contributed by atoms with Gasteiger partial charge in [-0.25, -0.2) is 0 Å². The fraction of sp³-hybridized carbons (Fsp3) is 0.750. The second-order valence-electron chi connectivity index (χ2n) is 3.36. The molecule has 1 aromatic rings. The summed E-state index contributed by atoms with van der Waals surface area (Å²) in [5.74, 6) is 0.374. The molecule has 2 rings (SSSR count). The molecule has 0 bridgehead atoms. The topological polar surface area (TPSA) is 64.3 Å². The Balaban J connectivity index is 1.95. The average Bonchev–Trinajstić information content (AvgIpc) is 2.65. The van der Waals surface area contributed by atoms with Crippen molar-refractivity contribution in [2.45, 2.75) is 18.9 Å². The lowest BCUT2D eigenvalue weighted by atomic mass is 10.1. The maximum Gasteiger partial charge on any atom is 0.233 e. The molecule has 1 aliphatic rings. The van der Waals surface area contributed by atoms with Crippen LogP contribution in [0.2, 0.25) is 0 Å². The number of nitrogens with zero attached hydrogens (tertiary/aromatic N) is 3. The lowest BCUT2D eigenvalue weighted by molar-refractivity contribution is 0.0819. The minimum Gasteiger partial charge on any atom is -0.381 e. The summed E-state index contributed by atoms with van der Waals surface area (Å²) in [4.78, 5) is 6.37. The Kier molecular flexibility index (Phi) is 2.83. The summed E-state index contributed by atoms with van der Waals surface area (Å²) < 4.78 is 9.26. The number of methoxy groups -OCH3 is 1. The van der Waals surface area contributed by atoms with Gasteiger partial charge in [-0.2, -0.15) is 9.36 Å². The monoisotopic (exact) mass is 214 g/mol. The maximum atomic E-state index is 5.48. The molecule has 5 nitrogen and oxygen atoms in total. The van der Waals surface area contributed by atoms with Crippen molar-refractivity contribution < 1.29 is 4.74 Å². The molecule has 0 unspecified atom stereocenters. The number of nitrogens with two attached hydrogens (primary N) is 1. The number of ether oxygens (including phenoxy) is 1. The molecule has 0 atom stereocenters. The van der Waals surface area contributed by atoms with Crippen LogP contribution < -0.4 is 10.6 Å². The molecule has 14 heavy (non-hydrogen) atoms. The quantitative estimate of drug-likeness (QED) is 0.786. The van der Waals surface area contributed by atoms with Gasteiger partial charge in [0.1, 0.15) is 0 Å². The third-order valence-electron chi connectivity index (χ3n) is 2.48. The van der Waals surface area contributed by atoms with Gasteiger partial charge in [0.25, 0.3) is 0 Å². The van der Waals surface area contributed by atoms with Gasteiger partial charge in [-0.1, -0.05) is 0 Å². The number of aromatic nitrogens is 2. The van der Waals surface area contributed by atoms with Crippen LogP contribution in [0, 0.1) is 0 Å². The predicted molar refractivity (Wildman–Crippen MR) is 56.6 cm³/mol. The molecule has 0 saturated carbocycles. The molecule has 0 aromatic carbocycles. The van der Waals surface area contributed by atoms with Gasteiger partial charge in [0, 0.05) is 31.7 Å². The Morgan fingerprint density at radius 3 is 2.71 bits per heavy atom. The zero-order valence-electron chi connectivity index (χ0n) is 8.14. The van der Waals surface area contributed by atoms with Gasteiger partial charge in [-0.15, -0.1) is 0 Å². The molecular formula is C8H14N4OS. The average molecular weight is 214 g/mol. The summed E-state index contributed by atoms with van der Waals surface area (Å²) in [6, 6.07) is 0. The second kappa shape index (κ2) is 4.10. The molecule has 0 spiro atoms. The van der Waals surface area contributed by atoms with Crippen LogP contribution in [0.1, 0.15) is 12.8 Å². The van der Waals surface area contributed by atoms with E-state index in [0.717, 1.165) is 31.1 Å². The first-order valence-electron chi connectivity index (χ1n) is 4.66. The Bertz CT molecular complexity index is 295. The van der Waals surface area contributed by atoms with Crippen LogP contribution in [0.4, 0.5) is 11.1 Å². The van der Waals surface area contributed by atoms with Crippen LogP contribution in [0.5, 0.6) is 0 Å². The van der Waals surface area contributed by atoms with Gasteiger partial charge in [0.2, 0.25) is 11.1 Å². The van der Waals surface area contributed by atoms with E-state index in [0.29, 0.717) is 12.1 Å². The molecule has 2 N–H and O–H groups in total. The molecule has 2 heterocycles. The molecule has 78 valence electrons. The van der Waals surface area contributed by atoms with Crippen LogP contribution in [-0.4, -0.2) is 35.7 Å². The molecule has 0 aliphatic carbocycles. The van der Waals surface area contributed by atoms with Crippen molar-refractivity contribution >= 4 is 22.6 Å². The Hall–Kier alpha value is -0.880. The number of hydrogen-bond acceptors (Lipinski definition) is 6. The first-order valence-corrected chi connectivity index (χ1v) is 5.44. The molecule has 1 aromatic heterocycles. The number of hydrogen-bond donors (Lipinski definition) is 1. The molecule has 1 aliphatic heterocycles. The highest BCUT2D eigenvalue weighted by atomic mass is 32.1. The summed E-state index contributed by atoms with van der Waals surface area (Å²) in [5, 5.41) is 0.928. The number of anilines is 2. The van der Waals surface area contributed by atoms with E-state index in [-0.39, 0.29) is 0 Å². The highest BCUT2D eigenvalue weighted by molar-refractivity contribution is 7.09. The Labute approximate surface area is 87.0 Å². The molecule has 0 radical (unpaired) electrons. The van der Waals surface area contributed by atoms with Crippen molar-refractivity contribution in [2.24, 2.45) is 0 Å². The Morgan fingerprint density at radius 1 is 1.50 bits per heavy atom. The third kappa shape index (κ3) is 1.96. The summed E-state index contributed by atoms with van der Waals surface area (Å²) in [6.45, 7) is 1.96. The number of nitrogen functional groups attached to an aromatic ring is 1. The zero-order valence-corrected chi connectivity index (χ0v) is 8.96. The van der Waals surface area contributed by atoms with E-state index in [1.807, 2.05) is 0 Å². The molecule has 6 heteroatoms. The van der Waals surface area contributed by atoms with Crippen molar-refractivity contribution in [3.8, 4) is 0 Å². The minimum atomic E-state index is 0.374. The van der Waals surface area contributed by atoms with E-state index in [1.54, 1.807) is 7.11 Å². The largest absolute Gasteiger partial charge is 0.381 e. The molecule has 1 saturated heterocycles. The van der Waals surface area contributed by atoms with E-state index in [9.17, 15) is 0 Å². The van der Waals surface area contributed by atoms with E-state index in [2.05, 4.69) is 14.3 Å². The lowest BCUT2D eigenvalue weighted by Crippen LogP contribution is -2.36. The summed E-state index contributed by atoms with van der Waals surface area (Å²) in [7, 11) is 1.77. The van der Waals surface area contributed by atoms with Gasteiger partial charge in [-0.3, -0.25) is 0 Å². The van der Waals surface area contributed by atoms with Gasteiger partial charge < -0.3 is 15.4 Å². The third-order valence-corrected chi connectivity index (χ3v) is 3.27. The second-order valence-corrected chi connectivity index (χ2v) is 4.09.